The van der Waals surface area contributed by atoms with E-state index in [1.54, 1.807) is 6.92 Å². The first kappa shape index (κ1) is 8.55. The van der Waals surface area contributed by atoms with Gasteiger partial charge < -0.3 is 5.32 Å². The van der Waals surface area contributed by atoms with Crippen molar-refractivity contribution in [2.24, 2.45) is 17.8 Å². The topological polar surface area (TPSA) is 52.9 Å². The van der Waals surface area contributed by atoms with E-state index in [9.17, 15) is 4.79 Å². The summed E-state index contributed by atoms with van der Waals surface area (Å²) in [6.07, 6.45) is 3.81. The van der Waals surface area contributed by atoms with Crippen LogP contribution in [0.4, 0.5) is 0 Å². The summed E-state index contributed by atoms with van der Waals surface area (Å²) in [5.41, 5.74) is 0. The van der Waals surface area contributed by atoms with Gasteiger partial charge in [-0.2, -0.15) is 5.26 Å². The van der Waals surface area contributed by atoms with E-state index < -0.39 is 5.92 Å². The van der Waals surface area contributed by atoms with Gasteiger partial charge in [0.1, 0.15) is 5.92 Å². The summed E-state index contributed by atoms with van der Waals surface area (Å²) < 4.78 is 0. The molecule has 0 aromatic heterocycles. The van der Waals surface area contributed by atoms with E-state index in [0.717, 1.165) is 18.3 Å². The molecule has 0 spiro atoms. The fourth-order valence-corrected chi connectivity index (χ4v) is 1.79. The van der Waals surface area contributed by atoms with Crippen LogP contribution in [-0.2, 0) is 4.79 Å². The summed E-state index contributed by atoms with van der Waals surface area (Å²) in [4.78, 5) is 11.3. The molecule has 2 saturated carbocycles. The molecule has 0 saturated heterocycles. The van der Waals surface area contributed by atoms with Crippen molar-refractivity contribution >= 4 is 5.91 Å². The third-order valence-corrected chi connectivity index (χ3v) is 2.98. The van der Waals surface area contributed by atoms with Crippen molar-refractivity contribution in [2.75, 3.05) is 0 Å². The van der Waals surface area contributed by atoms with E-state index in [0.29, 0.717) is 6.04 Å². The van der Waals surface area contributed by atoms with Crippen molar-refractivity contribution in [3.8, 4) is 6.07 Å². The van der Waals surface area contributed by atoms with Crippen molar-refractivity contribution in [3.63, 3.8) is 0 Å². The molecule has 3 nitrogen and oxygen atoms in total. The van der Waals surface area contributed by atoms with Crippen LogP contribution in [0.5, 0.6) is 0 Å². The number of carbonyl (C=O) groups is 1. The summed E-state index contributed by atoms with van der Waals surface area (Å²) in [6.45, 7) is 1.64. The summed E-state index contributed by atoms with van der Waals surface area (Å²) >= 11 is 0. The van der Waals surface area contributed by atoms with Gasteiger partial charge in [0.05, 0.1) is 6.07 Å². The number of nitrogens with one attached hydrogen (secondary N) is 1. The van der Waals surface area contributed by atoms with Gasteiger partial charge in [-0.3, -0.25) is 4.79 Å². The van der Waals surface area contributed by atoms with Crippen LogP contribution in [-0.4, -0.2) is 11.9 Å². The number of amides is 1. The third kappa shape index (κ3) is 1.82. The number of hydrogen-bond acceptors (Lipinski definition) is 2. The quantitative estimate of drug-likeness (QED) is 0.702. The zero-order valence-corrected chi connectivity index (χ0v) is 7.79. The molecule has 2 aliphatic rings. The van der Waals surface area contributed by atoms with E-state index in [-0.39, 0.29) is 5.91 Å². The Kier molecular flexibility index (Phi) is 1.99. The van der Waals surface area contributed by atoms with Crippen molar-refractivity contribution in [1.29, 1.82) is 5.26 Å². The van der Waals surface area contributed by atoms with Gasteiger partial charge in [0, 0.05) is 6.04 Å². The smallest absolute Gasteiger partial charge is 0.237 e. The SMILES string of the molecule is CC(C#N)C(=O)N[C@@H]1C[C@H]1C1CC1. The number of hydrogen-bond donors (Lipinski definition) is 1. The van der Waals surface area contributed by atoms with Crippen LogP contribution in [0.3, 0.4) is 0 Å². The van der Waals surface area contributed by atoms with Crippen LogP contribution in [0.1, 0.15) is 26.2 Å². The largest absolute Gasteiger partial charge is 0.352 e. The molecular formula is C10H14N2O. The first-order valence-corrected chi connectivity index (χ1v) is 4.92. The van der Waals surface area contributed by atoms with Gasteiger partial charge >= 0.3 is 0 Å². The second-order valence-corrected chi connectivity index (χ2v) is 4.20. The summed E-state index contributed by atoms with van der Waals surface area (Å²) in [7, 11) is 0. The zero-order valence-electron chi connectivity index (χ0n) is 7.79. The summed E-state index contributed by atoms with van der Waals surface area (Å²) in [5, 5.41) is 11.4. The van der Waals surface area contributed by atoms with Gasteiger partial charge in [-0.05, 0) is 38.0 Å². The van der Waals surface area contributed by atoms with E-state index in [2.05, 4.69) is 5.32 Å². The fourth-order valence-electron chi connectivity index (χ4n) is 1.79. The highest BCUT2D eigenvalue weighted by molar-refractivity contribution is 5.81. The van der Waals surface area contributed by atoms with Crippen LogP contribution < -0.4 is 5.32 Å². The Labute approximate surface area is 78.1 Å². The van der Waals surface area contributed by atoms with Gasteiger partial charge in [-0.15, -0.1) is 0 Å². The molecule has 0 bridgehead atoms. The first-order valence-electron chi connectivity index (χ1n) is 4.92. The van der Waals surface area contributed by atoms with Crippen molar-refractivity contribution in [3.05, 3.63) is 0 Å². The molecule has 2 fully saturated rings. The normalized spacial score (nSPS) is 33.2. The second kappa shape index (κ2) is 3.02. The molecule has 0 aromatic rings. The minimum absolute atomic E-state index is 0.101. The zero-order chi connectivity index (χ0) is 9.42. The molecule has 2 aliphatic carbocycles. The molecule has 0 radical (unpaired) electrons. The Morgan fingerprint density at radius 1 is 1.62 bits per heavy atom. The fraction of sp³-hybridized carbons (Fsp3) is 0.800. The highest BCUT2D eigenvalue weighted by atomic mass is 16.1. The van der Waals surface area contributed by atoms with Crippen molar-refractivity contribution in [1.82, 2.24) is 5.32 Å². The maximum absolute atomic E-state index is 11.3. The second-order valence-electron chi connectivity index (χ2n) is 4.20. The number of nitrogens with zero attached hydrogens (tertiary/aromatic N) is 1. The minimum atomic E-state index is -0.500. The Bertz CT molecular complexity index is 265. The average molecular weight is 178 g/mol. The van der Waals surface area contributed by atoms with Crippen molar-refractivity contribution < 1.29 is 4.79 Å². The molecular weight excluding hydrogens is 164 g/mol. The first-order chi connectivity index (χ1) is 6.22. The monoisotopic (exact) mass is 178 g/mol. The predicted molar refractivity (Wildman–Crippen MR) is 47.5 cm³/mol. The van der Waals surface area contributed by atoms with Crippen LogP contribution in [0.2, 0.25) is 0 Å². The Morgan fingerprint density at radius 2 is 2.31 bits per heavy atom. The van der Waals surface area contributed by atoms with Gasteiger partial charge in [0.25, 0.3) is 0 Å². The average Bonchev–Trinajstić information content (AvgIpc) is 2.93. The molecule has 0 aliphatic heterocycles. The molecule has 1 amide bonds. The maximum atomic E-state index is 11.3. The lowest BCUT2D eigenvalue weighted by Crippen LogP contribution is -2.31. The van der Waals surface area contributed by atoms with Crippen LogP contribution in [0.15, 0.2) is 0 Å². The number of carbonyl (C=O) groups excluding carboxylic acids is 1. The molecule has 13 heavy (non-hydrogen) atoms. The summed E-state index contributed by atoms with van der Waals surface area (Å²) in [5.74, 6) is 1.01. The molecule has 70 valence electrons. The van der Waals surface area contributed by atoms with E-state index >= 15 is 0 Å². The highest BCUT2D eigenvalue weighted by Crippen LogP contribution is 2.49. The lowest BCUT2D eigenvalue weighted by Gasteiger charge is -2.04. The van der Waals surface area contributed by atoms with Gasteiger partial charge in [-0.25, -0.2) is 0 Å². The molecule has 1 N–H and O–H groups in total. The van der Waals surface area contributed by atoms with Crippen LogP contribution in [0.25, 0.3) is 0 Å². The molecule has 2 rings (SSSR count). The van der Waals surface area contributed by atoms with Gasteiger partial charge in [0.15, 0.2) is 0 Å². The standard InChI is InChI=1S/C10H14N2O/c1-6(5-11)10(13)12-9-4-8(9)7-2-3-7/h6-9H,2-4H2,1H3,(H,12,13)/t6?,8-,9+/m0/s1. The van der Waals surface area contributed by atoms with Gasteiger partial charge in [0.2, 0.25) is 5.91 Å². The van der Waals surface area contributed by atoms with Crippen LogP contribution >= 0.6 is 0 Å². The minimum Gasteiger partial charge on any atom is -0.352 e. The molecule has 0 aromatic carbocycles. The van der Waals surface area contributed by atoms with Gasteiger partial charge in [-0.1, -0.05) is 0 Å². The Hall–Kier alpha value is -1.04. The van der Waals surface area contributed by atoms with Crippen molar-refractivity contribution in [2.45, 2.75) is 32.2 Å². The molecule has 1 unspecified atom stereocenters. The van der Waals surface area contributed by atoms with E-state index in [4.69, 9.17) is 5.26 Å². The predicted octanol–water partition coefficient (Wildman–Crippen LogP) is 1.06. The lowest BCUT2D eigenvalue weighted by atomic mass is 10.2. The highest BCUT2D eigenvalue weighted by Gasteiger charge is 2.48. The Balaban J connectivity index is 1.74. The number of nitriles is 1. The maximum Gasteiger partial charge on any atom is 0.237 e. The molecule has 3 heteroatoms. The third-order valence-electron chi connectivity index (χ3n) is 2.98. The Morgan fingerprint density at radius 3 is 2.85 bits per heavy atom. The van der Waals surface area contributed by atoms with E-state index in [1.807, 2.05) is 6.07 Å². The summed E-state index contributed by atoms with van der Waals surface area (Å²) in [6, 6.07) is 2.33. The van der Waals surface area contributed by atoms with E-state index in [1.165, 1.54) is 12.8 Å². The number of rotatable bonds is 3. The van der Waals surface area contributed by atoms with Crippen LogP contribution in [0, 0.1) is 29.1 Å². The lowest BCUT2D eigenvalue weighted by molar-refractivity contribution is -0.123. The molecule has 0 heterocycles. The molecule has 3 atom stereocenters.